The van der Waals surface area contributed by atoms with Crippen LogP contribution in [0.2, 0.25) is 0 Å². The number of hydrogen-bond acceptors (Lipinski definition) is 3. The summed E-state index contributed by atoms with van der Waals surface area (Å²) < 4.78 is 6.26. The zero-order valence-electron chi connectivity index (χ0n) is 13.4. The minimum Gasteiger partial charge on any atom is -0.490 e. The molecule has 0 spiro atoms. The van der Waals surface area contributed by atoms with Crippen molar-refractivity contribution in [2.24, 2.45) is 0 Å². The molecule has 1 fully saturated rings. The molecule has 2 unspecified atom stereocenters. The summed E-state index contributed by atoms with van der Waals surface area (Å²) in [5.74, 6) is 1.42. The van der Waals surface area contributed by atoms with Gasteiger partial charge in [-0.2, -0.15) is 5.26 Å². The number of nitriles is 1. The van der Waals surface area contributed by atoms with Crippen molar-refractivity contribution >= 4 is 0 Å². The summed E-state index contributed by atoms with van der Waals surface area (Å²) in [6.45, 7) is 7.24. The van der Waals surface area contributed by atoms with Crippen LogP contribution in [0.5, 0.6) is 5.75 Å². The monoisotopic (exact) mass is 286 g/mol. The van der Waals surface area contributed by atoms with Gasteiger partial charge in [0.2, 0.25) is 0 Å². The lowest BCUT2D eigenvalue weighted by molar-refractivity contribution is 0.112. The smallest absolute Gasteiger partial charge is 0.123 e. The van der Waals surface area contributed by atoms with Crippen LogP contribution in [-0.4, -0.2) is 18.2 Å². The lowest BCUT2D eigenvalue weighted by atomic mass is 9.81. The Hall–Kier alpha value is -1.53. The van der Waals surface area contributed by atoms with Crippen LogP contribution < -0.4 is 10.1 Å². The lowest BCUT2D eigenvalue weighted by Crippen LogP contribution is -2.49. The van der Waals surface area contributed by atoms with Crippen LogP contribution in [0.25, 0.3) is 0 Å². The van der Waals surface area contributed by atoms with Crippen LogP contribution in [0, 0.1) is 11.3 Å². The second-order valence-corrected chi connectivity index (χ2v) is 6.25. The Morgan fingerprint density at radius 2 is 2.19 bits per heavy atom. The van der Waals surface area contributed by atoms with Crippen LogP contribution in [-0.2, 0) is 0 Å². The zero-order chi connectivity index (χ0) is 15.3. The Morgan fingerprint density at radius 3 is 2.86 bits per heavy atom. The molecular weight excluding hydrogens is 260 g/mol. The van der Waals surface area contributed by atoms with E-state index in [-0.39, 0.29) is 6.10 Å². The summed E-state index contributed by atoms with van der Waals surface area (Å²) in [7, 11) is 0. The fourth-order valence-corrected chi connectivity index (χ4v) is 3.21. The Bertz CT molecular complexity index is 502. The van der Waals surface area contributed by atoms with Gasteiger partial charge in [-0.15, -0.1) is 0 Å². The molecule has 1 aromatic rings. The highest BCUT2D eigenvalue weighted by Crippen LogP contribution is 2.33. The molecule has 0 aliphatic heterocycles. The Morgan fingerprint density at radius 1 is 1.43 bits per heavy atom. The molecule has 3 heteroatoms. The first-order valence-electron chi connectivity index (χ1n) is 8.02. The average Bonchev–Trinajstić information content (AvgIpc) is 2.48. The Balaban J connectivity index is 2.12. The molecule has 0 bridgehead atoms. The molecule has 1 aliphatic carbocycles. The van der Waals surface area contributed by atoms with E-state index in [1.807, 2.05) is 12.1 Å². The van der Waals surface area contributed by atoms with Gasteiger partial charge in [0.05, 0.1) is 6.07 Å². The molecule has 3 nitrogen and oxygen atoms in total. The second-order valence-electron chi connectivity index (χ2n) is 6.25. The van der Waals surface area contributed by atoms with Gasteiger partial charge < -0.3 is 4.74 Å². The van der Waals surface area contributed by atoms with Crippen LogP contribution in [0.1, 0.15) is 57.9 Å². The molecule has 0 heterocycles. The maximum absolute atomic E-state index is 9.53. The largest absolute Gasteiger partial charge is 0.490 e. The summed E-state index contributed by atoms with van der Waals surface area (Å²) in [6, 6.07) is 10.7. The van der Waals surface area contributed by atoms with Crippen molar-refractivity contribution in [3.63, 3.8) is 0 Å². The van der Waals surface area contributed by atoms with Crippen molar-refractivity contribution in [1.82, 2.24) is 5.32 Å². The molecular formula is C18H26N2O. The van der Waals surface area contributed by atoms with E-state index < -0.39 is 5.54 Å². The third kappa shape index (κ3) is 3.77. The highest BCUT2D eigenvalue weighted by molar-refractivity contribution is 5.35. The molecule has 1 saturated carbocycles. The summed E-state index contributed by atoms with van der Waals surface area (Å²) in [4.78, 5) is 0. The maximum atomic E-state index is 9.53. The van der Waals surface area contributed by atoms with E-state index in [9.17, 15) is 5.26 Å². The molecule has 1 N–H and O–H groups in total. The maximum Gasteiger partial charge on any atom is 0.123 e. The molecule has 0 aromatic heterocycles. The number of hydrogen-bond donors (Lipinski definition) is 1. The van der Waals surface area contributed by atoms with Crippen molar-refractivity contribution in [2.45, 2.75) is 64.0 Å². The summed E-state index contributed by atoms with van der Waals surface area (Å²) in [5, 5.41) is 12.9. The number of ether oxygens (including phenoxy) is 1. The van der Waals surface area contributed by atoms with Crippen LogP contribution in [0.4, 0.5) is 0 Å². The first kappa shape index (κ1) is 15.9. The van der Waals surface area contributed by atoms with E-state index in [0.717, 1.165) is 38.0 Å². The number of nitrogens with zero attached hydrogens (tertiary/aromatic N) is 1. The molecule has 21 heavy (non-hydrogen) atoms. The number of rotatable bonds is 5. The second kappa shape index (κ2) is 6.95. The number of nitrogens with one attached hydrogen (secondary N) is 1. The first-order valence-corrected chi connectivity index (χ1v) is 8.02. The molecule has 0 saturated heterocycles. The van der Waals surface area contributed by atoms with E-state index in [0.29, 0.717) is 5.92 Å². The third-order valence-electron chi connectivity index (χ3n) is 4.27. The van der Waals surface area contributed by atoms with Crippen molar-refractivity contribution in [3.8, 4) is 11.8 Å². The predicted molar refractivity (Wildman–Crippen MR) is 85.4 cm³/mol. The van der Waals surface area contributed by atoms with Gasteiger partial charge in [-0.25, -0.2) is 0 Å². The van der Waals surface area contributed by atoms with Gasteiger partial charge in [-0.3, -0.25) is 5.32 Å². The minimum atomic E-state index is -0.412. The van der Waals surface area contributed by atoms with E-state index >= 15 is 0 Å². The normalized spacial score (nSPS) is 25.6. The summed E-state index contributed by atoms with van der Waals surface area (Å²) in [5.41, 5.74) is 0.832. The zero-order valence-corrected chi connectivity index (χ0v) is 13.4. The van der Waals surface area contributed by atoms with E-state index in [1.165, 1.54) is 5.56 Å². The number of para-hydroxylation sites is 1. The molecule has 0 amide bonds. The molecule has 1 aromatic carbocycles. The molecule has 2 atom stereocenters. The summed E-state index contributed by atoms with van der Waals surface area (Å²) >= 11 is 0. The SMILES string of the molecule is CCNC1(C#N)CCCC(Oc2ccccc2C(C)C)C1. The summed E-state index contributed by atoms with van der Waals surface area (Å²) in [6.07, 6.45) is 3.88. The van der Waals surface area contributed by atoms with Gasteiger partial charge in [0, 0.05) is 6.42 Å². The molecule has 1 aliphatic rings. The van der Waals surface area contributed by atoms with Crippen molar-refractivity contribution < 1.29 is 4.74 Å². The molecule has 114 valence electrons. The van der Waals surface area contributed by atoms with Crippen molar-refractivity contribution in [2.75, 3.05) is 6.54 Å². The van der Waals surface area contributed by atoms with Gasteiger partial charge in [0.1, 0.15) is 17.4 Å². The third-order valence-corrected chi connectivity index (χ3v) is 4.27. The van der Waals surface area contributed by atoms with E-state index in [4.69, 9.17) is 4.74 Å². The standard InChI is InChI=1S/C18H26N2O/c1-4-20-18(13-19)11-7-8-15(12-18)21-17-10-6-5-9-16(17)14(2)3/h5-6,9-10,14-15,20H,4,7-8,11-12H2,1-3H3. The van der Waals surface area contributed by atoms with Crippen molar-refractivity contribution in [3.05, 3.63) is 29.8 Å². The first-order chi connectivity index (χ1) is 10.1. The fraction of sp³-hybridized carbons (Fsp3) is 0.611. The van der Waals surface area contributed by atoms with Gasteiger partial charge in [0.15, 0.2) is 0 Å². The highest BCUT2D eigenvalue weighted by atomic mass is 16.5. The highest BCUT2D eigenvalue weighted by Gasteiger charge is 2.37. The van der Waals surface area contributed by atoms with Gasteiger partial charge in [0.25, 0.3) is 0 Å². The molecule has 2 rings (SSSR count). The van der Waals surface area contributed by atoms with E-state index in [1.54, 1.807) is 0 Å². The van der Waals surface area contributed by atoms with Crippen LogP contribution in [0.15, 0.2) is 24.3 Å². The Labute approximate surface area is 128 Å². The molecule has 0 radical (unpaired) electrons. The van der Waals surface area contributed by atoms with E-state index in [2.05, 4.69) is 44.3 Å². The number of benzene rings is 1. The average molecular weight is 286 g/mol. The van der Waals surface area contributed by atoms with Crippen molar-refractivity contribution in [1.29, 1.82) is 5.26 Å². The van der Waals surface area contributed by atoms with Gasteiger partial charge in [-0.1, -0.05) is 39.0 Å². The quantitative estimate of drug-likeness (QED) is 0.889. The lowest BCUT2D eigenvalue weighted by Gasteiger charge is -2.36. The van der Waals surface area contributed by atoms with Gasteiger partial charge in [-0.05, 0) is 43.4 Å². The minimum absolute atomic E-state index is 0.123. The fourth-order valence-electron chi connectivity index (χ4n) is 3.21. The topological polar surface area (TPSA) is 45.0 Å². The van der Waals surface area contributed by atoms with Crippen LogP contribution in [0.3, 0.4) is 0 Å². The predicted octanol–water partition coefficient (Wildman–Crippen LogP) is 4.00. The van der Waals surface area contributed by atoms with Crippen LogP contribution >= 0.6 is 0 Å². The Kier molecular flexibility index (Phi) is 5.25. The van der Waals surface area contributed by atoms with Gasteiger partial charge >= 0.3 is 0 Å².